The molecule has 0 aromatic heterocycles. The average Bonchev–Trinajstić information content (AvgIpc) is 2.92. The molecule has 0 aliphatic carbocycles. The van der Waals surface area contributed by atoms with E-state index in [1.54, 1.807) is 36.1 Å². The Morgan fingerprint density at radius 2 is 1.88 bits per heavy atom. The Balaban J connectivity index is 0.00000206. The molecule has 2 aromatic rings. The predicted molar refractivity (Wildman–Crippen MR) is 174 cm³/mol. The first-order chi connectivity index (χ1) is 20.3. The summed E-state index contributed by atoms with van der Waals surface area (Å²) in [6, 6.07) is 9.50. The molecule has 1 aliphatic rings. The maximum absolute atomic E-state index is 14.6. The molecule has 8 nitrogen and oxygen atoms in total. The van der Waals surface area contributed by atoms with E-state index in [0.717, 1.165) is 0 Å². The summed E-state index contributed by atoms with van der Waals surface area (Å²) in [4.78, 5) is 34.2. The van der Waals surface area contributed by atoms with Crippen LogP contribution in [0.25, 0.3) is 0 Å². The van der Waals surface area contributed by atoms with Gasteiger partial charge in [0.15, 0.2) is 0 Å². The maximum atomic E-state index is 14.6. The normalized spacial score (nSPS) is 15.7. The third-order valence-electron chi connectivity index (χ3n) is 6.22. The van der Waals surface area contributed by atoms with Gasteiger partial charge in [-0.05, 0) is 65.0 Å². The molecule has 3 rings (SSSR count). The number of carbonyl (C=O) groups is 2. The highest BCUT2D eigenvalue weighted by molar-refractivity contribution is 6.33. The number of nitrogens with zero attached hydrogens (tertiary/aromatic N) is 3. The van der Waals surface area contributed by atoms with Crippen LogP contribution >= 0.6 is 0 Å². The molecule has 1 saturated heterocycles. The second-order valence-electron chi connectivity index (χ2n) is 11.2. The van der Waals surface area contributed by atoms with Gasteiger partial charge in [0.05, 0.1) is 29.8 Å². The van der Waals surface area contributed by atoms with E-state index in [1.807, 2.05) is 27.7 Å². The first-order valence-electron chi connectivity index (χ1n) is 14.4. The number of hydrogen-bond acceptors (Lipinski definition) is 6. The van der Waals surface area contributed by atoms with E-state index in [9.17, 15) is 14.0 Å². The standard InChI is InChI=1S/C30H36BFN4O4.C3H8/c1-8-10-24(33-20(3)27-22(32)11-9-12-26(27)39-7)28(37)34-23-14-13-21(31)17-25(23)35-15-16-36(19(2)18-35)29(38)40-30(4,5)6;1-3-2/h8-14,17,19H,1,15-16,18H2,2-7H3,(H,34,37);3H2,1-2H3/b24-10-,33-20?;/t19-;/m0./s1. The SMILES string of the molecule is CCC.[B]c1ccc(NC(=O)/C(=C/C=C)N=C(C)c2c(F)cccc2OC)c(N2CCN(C(=O)OC(C)(C)C)[C@@H](C)C2)c1. The van der Waals surface area contributed by atoms with E-state index < -0.39 is 17.3 Å². The molecule has 230 valence electrons. The van der Waals surface area contributed by atoms with Crippen molar-refractivity contribution in [3.63, 3.8) is 0 Å². The molecule has 0 saturated carbocycles. The lowest BCUT2D eigenvalue weighted by molar-refractivity contribution is -0.112. The van der Waals surface area contributed by atoms with Crippen molar-refractivity contribution in [1.29, 1.82) is 0 Å². The van der Waals surface area contributed by atoms with E-state index >= 15 is 0 Å². The van der Waals surface area contributed by atoms with Crippen LogP contribution in [-0.2, 0) is 9.53 Å². The lowest BCUT2D eigenvalue weighted by Gasteiger charge is -2.41. The molecule has 0 spiro atoms. The number of amides is 2. The van der Waals surface area contributed by atoms with Crippen LogP contribution in [0.15, 0.2) is 65.8 Å². The summed E-state index contributed by atoms with van der Waals surface area (Å²) in [5, 5.41) is 2.91. The number of halogens is 1. The Morgan fingerprint density at radius 1 is 1.21 bits per heavy atom. The van der Waals surface area contributed by atoms with Gasteiger partial charge >= 0.3 is 6.09 Å². The number of hydrogen-bond donors (Lipinski definition) is 1. The lowest BCUT2D eigenvalue weighted by atomic mass is 9.94. The van der Waals surface area contributed by atoms with Crippen LogP contribution < -0.4 is 20.4 Å². The number of piperazine rings is 1. The van der Waals surface area contributed by atoms with Crippen LogP contribution in [0.4, 0.5) is 20.6 Å². The van der Waals surface area contributed by atoms with Gasteiger partial charge in [0, 0.05) is 25.7 Å². The summed E-state index contributed by atoms with van der Waals surface area (Å²) in [5.74, 6) is -0.722. The van der Waals surface area contributed by atoms with Crippen LogP contribution in [0.5, 0.6) is 5.75 Å². The monoisotopic (exact) mass is 590 g/mol. The first-order valence-corrected chi connectivity index (χ1v) is 14.4. The second kappa shape index (κ2) is 16.0. The summed E-state index contributed by atoms with van der Waals surface area (Å²) in [5.41, 5.74) is 1.62. The third-order valence-corrected chi connectivity index (χ3v) is 6.22. The van der Waals surface area contributed by atoms with Crippen LogP contribution in [0.3, 0.4) is 0 Å². The molecule has 0 unspecified atom stereocenters. The topological polar surface area (TPSA) is 83.5 Å². The quantitative estimate of drug-likeness (QED) is 0.185. The van der Waals surface area contributed by atoms with Crippen LogP contribution in [-0.4, -0.2) is 68.8 Å². The largest absolute Gasteiger partial charge is 0.496 e. The molecule has 1 N–H and O–H groups in total. The van der Waals surface area contributed by atoms with Crippen molar-refractivity contribution in [1.82, 2.24) is 4.90 Å². The summed E-state index contributed by atoms with van der Waals surface area (Å²) in [7, 11) is 7.55. The van der Waals surface area contributed by atoms with E-state index in [1.165, 1.54) is 37.8 Å². The summed E-state index contributed by atoms with van der Waals surface area (Å²) < 4.78 is 25.4. The minimum Gasteiger partial charge on any atom is -0.496 e. The number of rotatable bonds is 7. The van der Waals surface area contributed by atoms with Gasteiger partial charge in [-0.2, -0.15) is 0 Å². The van der Waals surface area contributed by atoms with Crippen LogP contribution in [0.1, 0.15) is 60.5 Å². The average molecular weight is 591 g/mol. The van der Waals surface area contributed by atoms with Gasteiger partial charge in [-0.25, -0.2) is 14.2 Å². The van der Waals surface area contributed by atoms with Gasteiger partial charge < -0.3 is 24.6 Å². The van der Waals surface area contributed by atoms with Crippen LogP contribution in [0, 0.1) is 5.82 Å². The third kappa shape index (κ3) is 10.0. The highest BCUT2D eigenvalue weighted by Crippen LogP contribution is 2.29. The molecular formula is C33H44BFN4O4. The minimum atomic E-state index is -0.589. The van der Waals surface area contributed by atoms with Gasteiger partial charge in [0.2, 0.25) is 0 Å². The van der Waals surface area contributed by atoms with Gasteiger partial charge in [-0.1, -0.05) is 50.5 Å². The zero-order chi connectivity index (χ0) is 32.3. The number of ether oxygens (including phenoxy) is 2. The van der Waals surface area contributed by atoms with Gasteiger partial charge in [0.1, 0.15) is 30.7 Å². The van der Waals surface area contributed by atoms with E-state index in [2.05, 4.69) is 35.6 Å². The van der Waals surface area contributed by atoms with Gasteiger partial charge in [0.25, 0.3) is 5.91 Å². The second-order valence-corrected chi connectivity index (χ2v) is 11.2. The predicted octanol–water partition coefficient (Wildman–Crippen LogP) is 6.01. The zero-order valence-corrected chi connectivity index (χ0v) is 26.7. The highest BCUT2D eigenvalue weighted by atomic mass is 19.1. The fraction of sp³-hybridized carbons (Fsp3) is 0.424. The molecule has 43 heavy (non-hydrogen) atoms. The molecule has 1 fully saturated rings. The number of allylic oxidation sites excluding steroid dienone is 2. The lowest BCUT2D eigenvalue weighted by Crippen LogP contribution is -2.55. The molecule has 1 aliphatic heterocycles. The zero-order valence-electron chi connectivity index (χ0n) is 26.7. The van der Waals surface area contributed by atoms with Gasteiger partial charge in [-0.15, -0.1) is 0 Å². The smallest absolute Gasteiger partial charge is 0.410 e. The van der Waals surface area contributed by atoms with Crippen molar-refractivity contribution in [2.45, 2.75) is 66.5 Å². The Hall–Kier alpha value is -4.08. The molecule has 2 aromatic carbocycles. The van der Waals surface area contributed by atoms with E-state index in [0.29, 0.717) is 42.2 Å². The Kier molecular flexibility index (Phi) is 13.0. The summed E-state index contributed by atoms with van der Waals surface area (Å²) in [6.07, 6.45) is 3.77. The maximum Gasteiger partial charge on any atom is 0.410 e. The Labute approximate surface area is 257 Å². The molecule has 1 atom stereocenters. The van der Waals surface area contributed by atoms with Crippen molar-refractivity contribution in [3.05, 3.63) is 72.2 Å². The molecule has 1 heterocycles. The number of benzene rings is 2. The van der Waals surface area contributed by atoms with E-state index in [-0.39, 0.29) is 29.1 Å². The van der Waals surface area contributed by atoms with Crippen molar-refractivity contribution in [2.24, 2.45) is 4.99 Å². The van der Waals surface area contributed by atoms with Crippen molar-refractivity contribution in [3.8, 4) is 5.75 Å². The fourth-order valence-electron chi connectivity index (χ4n) is 4.41. The van der Waals surface area contributed by atoms with Crippen molar-refractivity contribution in [2.75, 3.05) is 37.0 Å². The molecule has 0 bridgehead atoms. The minimum absolute atomic E-state index is 0.0312. The van der Waals surface area contributed by atoms with Crippen molar-refractivity contribution >= 4 is 42.4 Å². The highest BCUT2D eigenvalue weighted by Gasteiger charge is 2.32. The number of aliphatic imine (C=N–C) groups is 1. The van der Waals surface area contributed by atoms with E-state index in [4.69, 9.17) is 17.3 Å². The number of nitrogens with one attached hydrogen (secondary N) is 1. The first kappa shape index (κ1) is 35.1. The molecule has 2 radical (unpaired) electrons. The number of carbonyl (C=O) groups excluding carboxylic acids is 2. The van der Waals surface area contributed by atoms with Crippen LogP contribution in [0.2, 0.25) is 0 Å². The van der Waals surface area contributed by atoms with Crippen molar-refractivity contribution < 1.29 is 23.5 Å². The Bertz CT molecular complexity index is 1350. The fourth-order valence-corrected chi connectivity index (χ4v) is 4.41. The summed E-state index contributed by atoms with van der Waals surface area (Å²) >= 11 is 0. The molecular weight excluding hydrogens is 546 g/mol. The van der Waals surface area contributed by atoms with Gasteiger partial charge in [-0.3, -0.25) is 4.79 Å². The number of methoxy groups -OCH3 is 1. The molecule has 2 amide bonds. The molecule has 10 heteroatoms. The summed E-state index contributed by atoms with van der Waals surface area (Å²) in [6.45, 7) is 18.4. The number of anilines is 2. The Morgan fingerprint density at radius 3 is 2.47 bits per heavy atom.